The molecule has 2 N–H and O–H groups in total. The van der Waals surface area contributed by atoms with Gasteiger partial charge in [0.25, 0.3) is 0 Å². The summed E-state index contributed by atoms with van der Waals surface area (Å²) in [6, 6.07) is 5.83. The fraction of sp³-hybridized carbons (Fsp3) is 0.467. The molecule has 3 nitrogen and oxygen atoms in total. The molecule has 0 saturated carbocycles. The van der Waals surface area contributed by atoms with E-state index in [2.05, 4.69) is 25.7 Å². The van der Waals surface area contributed by atoms with Crippen LogP contribution in [0.15, 0.2) is 18.2 Å². The van der Waals surface area contributed by atoms with Gasteiger partial charge in [0.1, 0.15) is 5.75 Å². The third kappa shape index (κ3) is 4.40. The third-order valence-electron chi connectivity index (χ3n) is 2.71. The maximum absolute atomic E-state index is 5.73. The van der Waals surface area contributed by atoms with Crippen LogP contribution in [-0.4, -0.2) is 19.8 Å². The normalized spacial score (nSPS) is 11.6. The molecule has 0 aliphatic heterocycles. The number of benzene rings is 1. The minimum atomic E-state index is 0.244. The highest BCUT2D eigenvalue weighted by molar-refractivity contribution is 5.44. The van der Waals surface area contributed by atoms with E-state index in [4.69, 9.17) is 15.2 Å². The Morgan fingerprint density at radius 2 is 2.17 bits per heavy atom. The summed E-state index contributed by atoms with van der Waals surface area (Å²) < 4.78 is 11.0. The van der Waals surface area contributed by atoms with Gasteiger partial charge >= 0.3 is 0 Å². The lowest BCUT2D eigenvalue weighted by Crippen LogP contribution is -2.07. The van der Waals surface area contributed by atoms with Crippen molar-refractivity contribution in [2.45, 2.75) is 33.0 Å². The molecule has 0 saturated heterocycles. The van der Waals surface area contributed by atoms with Gasteiger partial charge in [0.05, 0.1) is 26.4 Å². The Hall–Kier alpha value is -1.50. The molecule has 1 aromatic carbocycles. The highest BCUT2D eigenvalue weighted by Crippen LogP contribution is 2.21. The number of methoxy groups -OCH3 is 1. The number of nitrogens with two attached hydrogens (primary N) is 1. The van der Waals surface area contributed by atoms with E-state index in [1.54, 1.807) is 7.11 Å². The number of hydrogen-bond donors (Lipinski definition) is 1. The molecule has 0 amide bonds. The van der Waals surface area contributed by atoms with Gasteiger partial charge in [0, 0.05) is 11.1 Å². The van der Waals surface area contributed by atoms with Crippen LogP contribution in [0.5, 0.6) is 5.75 Å². The van der Waals surface area contributed by atoms with Crippen LogP contribution >= 0.6 is 0 Å². The summed E-state index contributed by atoms with van der Waals surface area (Å²) in [6.45, 7) is 5.07. The smallest absolute Gasteiger partial charge is 0.124 e. The second kappa shape index (κ2) is 7.75. The van der Waals surface area contributed by atoms with Gasteiger partial charge < -0.3 is 15.2 Å². The van der Waals surface area contributed by atoms with Crippen LogP contribution in [0.1, 0.15) is 31.4 Å². The summed E-state index contributed by atoms with van der Waals surface area (Å²) in [4.78, 5) is 0. The molecule has 98 valence electrons. The van der Waals surface area contributed by atoms with E-state index >= 15 is 0 Å². The summed E-state index contributed by atoms with van der Waals surface area (Å²) in [7, 11) is 1.66. The summed E-state index contributed by atoms with van der Waals surface area (Å²) in [5, 5.41) is 0. The minimum Gasteiger partial charge on any atom is -0.496 e. The van der Waals surface area contributed by atoms with Crippen molar-refractivity contribution in [2.24, 2.45) is 5.73 Å². The Kier molecular flexibility index (Phi) is 6.27. The molecule has 1 aromatic rings. The number of ether oxygens (including phenoxy) is 2. The molecule has 0 radical (unpaired) electrons. The molecule has 1 atom stereocenters. The largest absolute Gasteiger partial charge is 0.496 e. The maximum Gasteiger partial charge on any atom is 0.124 e. The highest BCUT2D eigenvalue weighted by atomic mass is 16.5. The minimum absolute atomic E-state index is 0.244. The molecule has 18 heavy (non-hydrogen) atoms. The van der Waals surface area contributed by atoms with Crippen molar-refractivity contribution >= 4 is 0 Å². The first-order chi connectivity index (χ1) is 8.71. The zero-order chi connectivity index (χ0) is 13.4. The molecule has 0 aliphatic carbocycles. The number of hydrogen-bond acceptors (Lipinski definition) is 3. The van der Waals surface area contributed by atoms with Gasteiger partial charge in [-0.3, -0.25) is 0 Å². The quantitative estimate of drug-likeness (QED) is 0.812. The molecule has 1 unspecified atom stereocenters. The van der Waals surface area contributed by atoms with Crippen molar-refractivity contribution in [1.82, 2.24) is 0 Å². The Bertz CT molecular complexity index is 432. The zero-order valence-corrected chi connectivity index (χ0v) is 11.3. The Labute approximate surface area is 109 Å². The molecule has 0 aromatic heterocycles. The SMILES string of the molecule is CCC(C)OCc1cc(C#CCN)ccc1OC. The van der Waals surface area contributed by atoms with Crippen molar-refractivity contribution in [3.63, 3.8) is 0 Å². The van der Waals surface area contributed by atoms with Crippen LogP contribution in [0.2, 0.25) is 0 Å². The first kappa shape index (κ1) is 14.6. The van der Waals surface area contributed by atoms with Gasteiger partial charge in [0.2, 0.25) is 0 Å². The maximum atomic E-state index is 5.73. The molecule has 0 spiro atoms. The van der Waals surface area contributed by atoms with Gasteiger partial charge in [-0.1, -0.05) is 18.8 Å². The molecule has 0 heterocycles. The van der Waals surface area contributed by atoms with Gasteiger partial charge in [0.15, 0.2) is 0 Å². The monoisotopic (exact) mass is 247 g/mol. The van der Waals surface area contributed by atoms with E-state index in [0.717, 1.165) is 23.3 Å². The van der Waals surface area contributed by atoms with E-state index in [-0.39, 0.29) is 6.10 Å². The molecule has 3 heteroatoms. The van der Waals surface area contributed by atoms with Gasteiger partial charge in [-0.05, 0) is 31.5 Å². The Balaban J connectivity index is 2.84. The fourth-order valence-corrected chi connectivity index (χ4v) is 1.47. The lowest BCUT2D eigenvalue weighted by molar-refractivity contribution is 0.0497. The van der Waals surface area contributed by atoms with Crippen LogP contribution in [0.25, 0.3) is 0 Å². The summed E-state index contributed by atoms with van der Waals surface area (Å²) in [6.07, 6.45) is 1.24. The van der Waals surface area contributed by atoms with E-state index in [1.165, 1.54) is 0 Å². The summed E-state index contributed by atoms with van der Waals surface area (Å²) in [5.74, 6) is 6.68. The van der Waals surface area contributed by atoms with E-state index in [1.807, 2.05) is 18.2 Å². The van der Waals surface area contributed by atoms with Crippen molar-refractivity contribution in [3.05, 3.63) is 29.3 Å². The van der Waals surface area contributed by atoms with Crippen LogP contribution in [-0.2, 0) is 11.3 Å². The average molecular weight is 247 g/mol. The van der Waals surface area contributed by atoms with Gasteiger partial charge in [-0.15, -0.1) is 0 Å². The van der Waals surface area contributed by atoms with Crippen LogP contribution in [0.3, 0.4) is 0 Å². The summed E-state index contributed by atoms with van der Waals surface area (Å²) in [5.41, 5.74) is 7.31. The topological polar surface area (TPSA) is 44.5 Å². The average Bonchev–Trinajstić information content (AvgIpc) is 2.42. The van der Waals surface area contributed by atoms with E-state index in [9.17, 15) is 0 Å². The van der Waals surface area contributed by atoms with Crippen molar-refractivity contribution in [2.75, 3.05) is 13.7 Å². The Morgan fingerprint density at radius 1 is 1.39 bits per heavy atom. The third-order valence-corrected chi connectivity index (χ3v) is 2.71. The van der Waals surface area contributed by atoms with Crippen molar-refractivity contribution < 1.29 is 9.47 Å². The van der Waals surface area contributed by atoms with Crippen LogP contribution < -0.4 is 10.5 Å². The van der Waals surface area contributed by atoms with E-state index in [0.29, 0.717) is 13.2 Å². The van der Waals surface area contributed by atoms with Gasteiger partial charge in [-0.2, -0.15) is 0 Å². The van der Waals surface area contributed by atoms with E-state index < -0.39 is 0 Å². The molecular formula is C15H21NO2. The predicted octanol–water partition coefficient (Wildman–Crippen LogP) is 2.32. The molecule has 1 rings (SSSR count). The second-order valence-electron chi connectivity index (χ2n) is 4.06. The first-order valence-corrected chi connectivity index (χ1v) is 6.18. The summed E-state index contributed by atoms with van der Waals surface area (Å²) >= 11 is 0. The molecule has 0 fully saturated rings. The predicted molar refractivity (Wildman–Crippen MR) is 73.5 cm³/mol. The zero-order valence-electron chi connectivity index (χ0n) is 11.3. The highest BCUT2D eigenvalue weighted by Gasteiger charge is 2.06. The van der Waals surface area contributed by atoms with Crippen molar-refractivity contribution in [3.8, 4) is 17.6 Å². The van der Waals surface area contributed by atoms with Crippen molar-refractivity contribution in [1.29, 1.82) is 0 Å². The van der Waals surface area contributed by atoms with Crippen LogP contribution in [0, 0.1) is 11.8 Å². The second-order valence-corrected chi connectivity index (χ2v) is 4.06. The Morgan fingerprint density at radius 3 is 2.78 bits per heavy atom. The molecule has 0 aliphatic rings. The number of rotatable bonds is 5. The van der Waals surface area contributed by atoms with Crippen LogP contribution in [0.4, 0.5) is 0 Å². The lowest BCUT2D eigenvalue weighted by Gasteiger charge is -2.13. The first-order valence-electron chi connectivity index (χ1n) is 6.18. The fourth-order valence-electron chi connectivity index (χ4n) is 1.47. The molecule has 0 bridgehead atoms. The van der Waals surface area contributed by atoms with Gasteiger partial charge in [-0.25, -0.2) is 0 Å². The standard InChI is InChI=1S/C15H21NO2/c1-4-12(2)18-11-14-10-13(6-5-9-16)7-8-15(14)17-3/h7-8,10,12H,4,9,11,16H2,1-3H3. The lowest BCUT2D eigenvalue weighted by atomic mass is 10.1. The molecular weight excluding hydrogens is 226 g/mol.